The molecule has 0 aromatic rings. The fourth-order valence-electron chi connectivity index (χ4n) is 2.14. The summed E-state index contributed by atoms with van der Waals surface area (Å²) >= 11 is 1.62. The van der Waals surface area contributed by atoms with Gasteiger partial charge in [-0.3, -0.25) is 9.59 Å². The Kier molecular flexibility index (Phi) is 7.43. The molecule has 0 saturated carbocycles. The zero-order valence-corrected chi connectivity index (χ0v) is 12.5. The number of rotatable bonds is 8. The van der Waals surface area contributed by atoms with E-state index in [0.717, 1.165) is 12.2 Å². The van der Waals surface area contributed by atoms with E-state index in [1.54, 1.807) is 11.8 Å². The summed E-state index contributed by atoms with van der Waals surface area (Å²) in [5.74, 6) is 0.279. The number of nitrogens with zero attached hydrogens (tertiary/aromatic N) is 1. The predicted molar refractivity (Wildman–Crippen MR) is 75.6 cm³/mol. The van der Waals surface area contributed by atoms with Crippen molar-refractivity contribution in [3.8, 4) is 0 Å². The predicted octanol–water partition coefficient (Wildman–Crippen LogP) is 1.14. The molecule has 0 spiro atoms. The molecule has 6 nitrogen and oxygen atoms in total. The van der Waals surface area contributed by atoms with Crippen molar-refractivity contribution in [2.24, 2.45) is 0 Å². The van der Waals surface area contributed by atoms with Crippen LogP contribution in [0.15, 0.2) is 0 Å². The van der Waals surface area contributed by atoms with Gasteiger partial charge < -0.3 is 14.7 Å². The van der Waals surface area contributed by atoms with E-state index in [9.17, 15) is 14.4 Å². The van der Waals surface area contributed by atoms with Crippen molar-refractivity contribution in [2.75, 3.05) is 25.2 Å². The largest absolute Gasteiger partial charge is 0.480 e. The van der Waals surface area contributed by atoms with E-state index in [1.807, 2.05) is 0 Å². The maximum absolute atomic E-state index is 11.7. The van der Waals surface area contributed by atoms with Gasteiger partial charge in [0.15, 0.2) is 0 Å². The molecule has 7 heteroatoms. The number of carbonyl (C=O) groups is 3. The molecule has 1 amide bonds. The van der Waals surface area contributed by atoms with E-state index in [-0.39, 0.29) is 11.9 Å². The molecule has 0 bridgehead atoms. The van der Waals surface area contributed by atoms with E-state index in [4.69, 9.17) is 5.11 Å². The number of methoxy groups -OCH3 is 1. The van der Waals surface area contributed by atoms with Crippen LogP contribution in [-0.2, 0) is 19.1 Å². The molecule has 0 aromatic carbocycles. The summed E-state index contributed by atoms with van der Waals surface area (Å²) < 4.78 is 4.54. The molecule has 1 aliphatic rings. The van der Waals surface area contributed by atoms with Crippen molar-refractivity contribution in [1.82, 2.24) is 4.90 Å². The van der Waals surface area contributed by atoms with Crippen LogP contribution in [0.3, 0.4) is 0 Å². The molecule has 20 heavy (non-hydrogen) atoms. The van der Waals surface area contributed by atoms with Crippen LogP contribution in [0.1, 0.15) is 32.1 Å². The molecule has 1 atom stereocenters. The Hall–Kier alpha value is -1.24. The molecule has 0 aromatic heterocycles. The van der Waals surface area contributed by atoms with Crippen molar-refractivity contribution in [1.29, 1.82) is 0 Å². The minimum absolute atomic E-state index is 0.0705. The lowest BCUT2D eigenvalue weighted by Gasteiger charge is -2.32. The third-order valence-electron chi connectivity index (χ3n) is 3.22. The highest BCUT2D eigenvalue weighted by molar-refractivity contribution is 7.99. The second-order valence-electron chi connectivity index (χ2n) is 4.63. The minimum Gasteiger partial charge on any atom is -0.480 e. The molecule has 1 heterocycles. The van der Waals surface area contributed by atoms with E-state index >= 15 is 0 Å². The molecule has 1 rings (SSSR count). The number of hydrogen-bond donors (Lipinski definition) is 1. The fourth-order valence-corrected chi connectivity index (χ4v) is 3.02. The Labute approximate surface area is 122 Å². The molecule has 1 fully saturated rings. The maximum atomic E-state index is 11.7. The third-order valence-corrected chi connectivity index (χ3v) is 4.27. The van der Waals surface area contributed by atoms with Crippen molar-refractivity contribution >= 4 is 29.6 Å². The molecule has 1 aliphatic heterocycles. The van der Waals surface area contributed by atoms with Crippen LogP contribution in [0.5, 0.6) is 0 Å². The van der Waals surface area contributed by atoms with Crippen LogP contribution in [0.2, 0.25) is 0 Å². The Morgan fingerprint density at radius 3 is 2.85 bits per heavy atom. The number of amides is 1. The Bertz CT molecular complexity index is 361. The van der Waals surface area contributed by atoms with E-state index in [2.05, 4.69) is 4.74 Å². The molecule has 0 aliphatic carbocycles. The van der Waals surface area contributed by atoms with Gasteiger partial charge in [0.25, 0.3) is 0 Å². The smallest absolute Gasteiger partial charge is 0.326 e. The second kappa shape index (κ2) is 8.84. The Balaban J connectivity index is 2.23. The quantitative estimate of drug-likeness (QED) is 0.535. The van der Waals surface area contributed by atoms with Crippen LogP contribution in [0, 0.1) is 0 Å². The first-order chi connectivity index (χ1) is 9.56. The number of carboxylic acid groups (broad SMARTS) is 1. The summed E-state index contributed by atoms with van der Waals surface area (Å²) in [5, 5.41) is 9.10. The fraction of sp³-hybridized carbons (Fsp3) is 0.769. The number of thioether (sulfide) groups is 1. The average Bonchev–Trinajstić information content (AvgIpc) is 2.43. The van der Waals surface area contributed by atoms with Gasteiger partial charge in [-0.05, 0) is 25.0 Å². The lowest BCUT2D eigenvalue weighted by atomic mass is 10.0. The van der Waals surface area contributed by atoms with Gasteiger partial charge in [-0.2, -0.15) is 11.8 Å². The van der Waals surface area contributed by atoms with Crippen LogP contribution in [0.25, 0.3) is 0 Å². The van der Waals surface area contributed by atoms with Crippen LogP contribution >= 0.6 is 11.8 Å². The van der Waals surface area contributed by atoms with E-state index in [1.165, 1.54) is 12.0 Å². The van der Waals surface area contributed by atoms with Crippen molar-refractivity contribution in [3.63, 3.8) is 0 Å². The number of ether oxygens (including phenoxy) is 1. The highest BCUT2D eigenvalue weighted by atomic mass is 32.2. The first kappa shape index (κ1) is 16.8. The van der Waals surface area contributed by atoms with Crippen molar-refractivity contribution < 1.29 is 24.2 Å². The normalized spacial score (nSPS) is 18.9. The number of carbonyl (C=O) groups excluding carboxylic acids is 2. The summed E-state index contributed by atoms with van der Waals surface area (Å²) in [7, 11) is 1.36. The zero-order chi connectivity index (χ0) is 15.0. The van der Waals surface area contributed by atoms with Gasteiger partial charge in [-0.25, -0.2) is 4.79 Å². The van der Waals surface area contributed by atoms with Gasteiger partial charge in [-0.15, -0.1) is 0 Å². The Morgan fingerprint density at radius 2 is 2.20 bits per heavy atom. The van der Waals surface area contributed by atoms with Gasteiger partial charge in [0.05, 0.1) is 7.11 Å². The van der Waals surface area contributed by atoms with Gasteiger partial charge >= 0.3 is 11.9 Å². The number of hydrogen-bond acceptors (Lipinski definition) is 5. The number of aliphatic carboxylic acids is 1. The maximum Gasteiger partial charge on any atom is 0.326 e. The Morgan fingerprint density at radius 1 is 1.45 bits per heavy atom. The minimum atomic E-state index is -0.922. The van der Waals surface area contributed by atoms with Gasteiger partial charge in [0, 0.05) is 25.1 Å². The van der Waals surface area contributed by atoms with Crippen LogP contribution in [-0.4, -0.2) is 59.1 Å². The first-order valence-corrected chi connectivity index (χ1v) is 7.88. The standard InChI is InChI=1S/C13H21NO5S/c1-19-12(16)6-3-8-20-9-7-14-10(13(17)18)4-2-5-11(14)15/h10H,2-9H2,1H3,(H,17,18)/t10-/m1/s1. The summed E-state index contributed by atoms with van der Waals surface area (Å²) in [6.07, 6.45) is 2.75. The molecule has 114 valence electrons. The molecular weight excluding hydrogens is 282 g/mol. The summed E-state index contributed by atoms with van der Waals surface area (Å²) in [5.41, 5.74) is 0. The van der Waals surface area contributed by atoms with Crippen molar-refractivity contribution in [2.45, 2.75) is 38.1 Å². The average molecular weight is 303 g/mol. The van der Waals surface area contributed by atoms with E-state index < -0.39 is 12.0 Å². The first-order valence-electron chi connectivity index (χ1n) is 6.73. The highest BCUT2D eigenvalue weighted by Gasteiger charge is 2.32. The number of esters is 1. The monoisotopic (exact) mass is 303 g/mol. The third kappa shape index (κ3) is 5.40. The lowest BCUT2D eigenvalue weighted by Crippen LogP contribution is -2.48. The summed E-state index contributed by atoms with van der Waals surface area (Å²) in [6.45, 7) is 0.457. The molecular formula is C13H21NO5S. The molecule has 1 saturated heterocycles. The highest BCUT2D eigenvalue weighted by Crippen LogP contribution is 2.19. The molecule has 0 unspecified atom stereocenters. The molecule has 1 N–H and O–H groups in total. The SMILES string of the molecule is COC(=O)CCCSCCN1C(=O)CCC[C@@H]1C(=O)O. The topological polar surface area (TPSA) is 83.9 Å². The number of piperidine rings is 1. The zero-order valence-electron chi connectivity index (χ0n) is 11.7. The summed E-state index contributed by atoms with van der Waals surface area (Å²) in [6, 6.07) is -0.674. The van der Waals surface area contributed by atoms with Gasteiger partial charge in [0.2, 0.25) is 5.91 Å². The van der Waals surface area contributed by atoms with Crippen LogP contribution in [0.4, 0.5) is 0 Å². The van der Waals surface area contributed by atoms with Crippen molar-refractivity contribution in [3.05, 3.63) is 0 Å². The lowest BCUT2D eigenvalue weighted by molar-refractivity contribution is -0.152. The number of carboxylic acids is 1. The number of likely N-dealkylation sites (tertiary alicyclic amines) is 1. The van der Waals surface area contributed by atoms with Crippen LogP contribution < -0.4 is 0 Å². The second-order valence-corrected chi connectivity index (χ2v) is 5.85. The summed E-state index contributed by atoms with van der Waals surface area (Å²) in [4.78, 5) is 35.2. The van der Waals surface area contributed by atoms with Gasteiger partial charge in [0.1, 0.15) is 6.04 Å². The molecule has 0 radical (unpaired) electrons. The van der Waals surface area contributed by atoms with Gasteiger partial charge in [-0.1, -0.05) is 0 Å². The van der Waals surface area contributed by atoms with E-state index in [0.29, 0.717) is 38.0 Å².